The van der Waals surface area contributed by atoms with Crippen molar-refractivity contribution in [3.8, 4) is 11.3 Å². The number of benzene rings is 1. The molecule has 2 heterocycles. The zero-order valence-electron chi connectivity index (χ0n) is 14.5. The Balaban J connectivity index is 1.64. The van der Waals surface area contributed by atoms with E-state index < -0.39 is 14.9 Å². The minimum atomic E-state index is -3.23. The topological polar surface area (TPSA) is 123 Å². The summed E-state index contributed by atoms with van der Waals surface area (Å²) in [5, 5.41) is 15.8. The van der Waals surface area contributed by atoms with Crippen LogP contribution in [0.2, 0.25) is 0 Å². The highest BCUT2D eigenvalue weighted by molar-refractivity contribution is 7.88. The number of thiazole rings is 1. The molecule has 11 heteroatoms. The Bertz CT molecular complexity index is 965. The molecule has 1 fully saturated rings. The van der Waals surface area contributed by atoms with E-state index in [0.717, 1.165) is 0 Å². The van der Waals surface area contributed by atoms with Crippen LogP contribution in [0.25, 0.3) is 11.3 Å². The fraction of sp³-hybridized carbons (Fsp3) is 0.375. The molecule has 0 spiro atoms. The van der Waals surface area contributed by atoms with Crippen LogP contribution in [0.15, 0.2) is 29.6 Å². The number of amides is 1. The second kappa shape index (κ2) is 7.71. The summed E-state index contributed by atoms with van der Waals surface area (Å²) in [6.45, 7) is 0.654. The Morgan fingerprint density at radius 2 is 2.07 bits per heavy atom. The number of hydrogen-bond donors (Lipinski definition) is 1. The summed E-state index contributed by atoms with van der Waals surface area (Å²) in [4.78, 5) is 27.2. The number of nitro groups is 1. The number of piperidine rings is 1. The Hall–Kier alpha value is -2.37. The van der Waals surface area contributed by atoms with E-state index in [9.17, 15) is 23.3 Å². The first-order chi connectivity index (χ1) is 12.7. The molecule has 1 aliphatic heterocycles. The van der Waals surface area contributed by atoms with Gasteiger partial charge < -0.3 is 5.32 Å². The first-order valence-electron chi connectivity index (χ1n) is 8.20. The molecule has 0 unspecified atom stereocenters. The molecular weight excluding hydrogens is 392 g/mol. The van der Waals surface area contributed by atoms with Crippen molar-refractivity contribution in [1.82, 2.24) is 9.29 Å². The van der Waals surface area contributed by atoms with E-state index in [2.05, 4.69) is 10.3 Å². The molecular formula is C16H18N4O5S2. The number of anilines is 1. The second-order valence-corrected chi connectivity index (χ2v) is 9.11. The molecule has 0 saturated carbocycles. The van der Waals surface area contributed by atoms with Crippen molar-refractivity contribution in [2.24, 2.45) is 5.92 Å². The summed E-state index contributed by atoms with van der Waals surface area (Å²) in [6.07, 6.45) is 2.09. The number of carbonyl (C=O) groups is 1. The van der Waals surface area contributed by atoms with Crippen LogP contribution in [0.3, 0.4) is 0 Å². The predicted octanol–water partition coefficient (Wildman–Crippen LogP) is 2.33. The summed E-state index contributed by atoms with van der Waals surface area (Å²) in [5.74, 6) is -0.462. The zero-order chi connectivity index (χ0) is 19.6. The number of nitro benzene ring substituents is 1. The van der Waals surface area contributed by atoms with Crippen LogP contribution in [0, 0.1) is 16.0 Å². The third kappa shape index (κ3) is 4.67. The fourth-order valence-electron chi connectivity index (χ4n) is 2.90. The molecule has 0 bridgehead atoms. The van der Waals surface area contributed by atoms with E-state index in [1.807, 2.05) is 0 Å². The maximum absolute atomic E-state index is 12.4. The number of nitrogens with one attached hydrogen (secondary N) is 1. The van der Waals surface area contributed by atoms with Gasteiger partial charge in [-0.2, -0.15) is 0 Å². The van der Waals surface area contributed by atoms with Gasteiger partial charge in [-0.1, -0.05) is 12.1 Å². The molecule has 144 valence electrons. The Morgan fingerprint density at radius 1 is 1.37 bits per heavy atom. The number of aromatic nitrogens is 1. The lowest BCUT2D eigenvalue weighted by atomic mass is 9.97. The SMILES string of the molecule is CS(=O)(=O)N1CCC(C(=O)Nc2nc(-c3cccc([N+](=O)[O-])c3)cs2)CC1. The van der Waals surface area contributed by atoms with Crippen LogP contribution in [0.1, 0.15) is 12.8 Å². The molecule has 0 aliphatic carbocycles. The molecule has 27 heavy (non-hydrogen) atoms. The summed E-state index contributed by atoms with van der Waals surface area (Å²) in [7, 11) is -3.23. The highest BCUT2D eigenvalue weighted by atomic mass is 32.2. The second-order valence-electron chi connectivity index (χ2n) is 6.27. The predicted molar refractivity (Wildman–Crippen MR) is 102 cm³/mol. The van der Waals surface area contributed by atoms with Gasteiger partial charge in [-0.05, 0) is 12.8 Å². The van der Waals surface area contributed by atoms with Crippen molar-refractivity contribution in [3.05, 3.63) is 39.8 Å². The molecule has 1 saturated heterocycles. The van der Waals surface area contributed by atoms with E-state index in [0.29, 0.717) is 42.3 Å². The number of hydrogen-bond acceptors (Lipinski definition) is 7. The van der Waals surface area contributed by atoms with Gasteiger partial charge in [-0.25, -0.2) is 17.7 Å². The minimum Gasteiger partial charge on any atom is -0.302 e. The average Bonchev–Trinajstić information content (AvgIpc) is 3.09. The summed E-state index contributed by atoms with van der Waals surface area (Å²) in [6, 6.07) is 6.14. The molecule has 3 rings (SSSR count). The van der Waals surface area contributed by atoms with Crippen LogP contribution in [-0.4, -0.2) is 47.9 Å². The lowest BCUT2D eigenvalue weighted by Gasteiger charge is -2.29. The van der Waals surface area contributed by atoms with E-state index in [4.69, 9.17) is 0 Å². The largest absolute Gasteiger partial charge is 0.302 e. The van der Waals surface area contributed by atoms with Crippen molar-refractivity contribution in [2.45, 2.75) is 12.8 Å². The summed E-state index contributed by atoms with van der Waals surface area (Å²) < 4.78 is 24.4. The van der Waals surface area contributed by atoms with Crippen molar-refractivity contribution in [2.75, 3.05) is 24.7 Å². The van der Waals surface area contributed by atoms with Gasteiger partial charge in [-0.15, -0.1) is 11.3 Å². The van der Waals surface area contributed by atoms with E-state index in [1.54, 1.807) is 17.5 Å². The van der Waals surface area contributed by atoms with Gasteiger partial charge in [-0.3, -0.25) is 14.9 Å². The minimum absolute atomic E-state index is 0.0243. The van der Waals surface area contributed by atoms with Gasteiger partial charge in [0.05, 0.1) is 16.9 Å². The number of sulfonamides is 1. The fourth-order valence-corrected chi connectivity index (χ4v) is 4.50. The Morgan fingerprint density at radius 3 is 2.70 bits per heavy atom. The first-order valence-corrected chi connectivity index (χ1v) is 10.9. The molecule has 1 aromatic heterocycles. The smallest absolute Gasteiger partial charge is 0.270 e. The molecule has 0 atom stereocenters. The highest BCUT2D eigenvalue weighted by Gasteiger charge is 2.29. The van der Waals surface area contributed by atoms with Crippen LogP contribution < -0.4 is 5.32 Å². The van der Waals surface area contributed by atoms with Gasteiger partial charge in [0.25, 0.3) is 5.69 Å². The highest BCUT2D eigenvalue weighted by Crippen LogP contribution is 2.28. The van der Waals surface area contributed by atoms with Crippen molar-refractivity contribution in [1.29, 1.82) is 0 Å². The zero-order valence-corrected chi connectivity index (χ0v) is 16.1. The van der Waals surface area contributed by atoms with Crippen molar-refractivity contribution in [3.63, 3.8) is 0 Å². The van der Waals surface area contributed by atoms with Crippen molar-refractivity contribution < 1.29 is 18.1 Å². The maximum Gasteiger partial charge on any atom is 0.270 e. The van der Waals surface area contributed by atoms with Gasteiger partial charge in [0.15, 0.2) is 5.13 Å². The van der Waals surface area contributed by atoms with Gasteiger partial charge in [0.1, 0.15) is 0 Å². The van der Waals surface area contributed by atoms with E-state index >= 15 is 0 Å². The average molecular weight is 410 g/mol. The van der Waals surface area contributed by atoms with Crippen LogP contribution in [-0.2, 0) is 14.8 Å². The van der Waals surface area contributed by atoms with Crippen molar-refractivity contribution >= 4 is 38.1 Å². The lowest BCUT2D eigenvalue weighted by molar-refractivity contribution is -0.384. The summed E-state index contributed by atoms with van der Waals surface area (Å²) >= 11 is 1.24. The number of carbonyl (C=O) groups excluding carboxylic acids is 1. The molecule has 2 aromatic rings. The molecule has 1 amide bonds. The Kier molecular flexibility index (Phi) is 5.53. The lowest BCUT2D eigenvalue weighted by Crippen LogP contribution is -2.40. The standard InChI is InChI=1S/C16H18N4O5S2/c1-27(24,25)19-7-5-11(6-8-19)15(21)18-16-17-14(10-26-16)12-3-2-4-13(9-12)20(22)23/h2-4,9-11H,5-8H2,1H3,(H,17,18,21). The molecule has 1 aromatic carbocycles. The quantitative estimate of drug-likeness (QED) is 0.596. The van der Waals surface area contributed by atoms with Gasteiger partial charge in [0, 0.05) is 42.1 Å². The third-order valence-corrected chi connectivity index (χ3v) is 6.44. The molecule has 9 nitrogen and oxygen atoms in total. The summed E-state index contributed by atoms with van der Waals surface area (Å²) in [5.41, 5.74) is 1.12. The number of nitrogens with zero attached hydrogens (tertiary/aromatic N) is 3. The monoisotopic (exact) mass is 410 g/mol. The van der Waals surface area contributed by atoms with Crippen LogP contribution in [0.4, 0.5) is 10.8 Å². The van der Waals surface area contributed by atoms with Crippen LogP contribution >= 0.6 is 11.3 Å². The first kappa shape index (κ1) is 19.4. The third-order valence-electron chi connectivity index (χ3n) is 4.38. The van der Waals surface area contributed by atoms with E-state index in [-0.39, 0.29) is 17.5 Å². The maximum atomic E-state index is 12.4. The molecule has 1 N–H and O–H groups in total. The molecule has 0 radical (unpaired) electrons. The Labute approximate surface area is 160 Å². The number of rotatable bonds is 5. The van der Waals surface area contributed by atoms with Gasteiger partial charge in [0.2, 0.25) is 15.9 Å². The van der Waals surface area contributed by atoms with Crippen LogP contribution in [0.5, 0.6) is 0 Å². The molecule has 1 aliphatic rings. The van der Waals surface area contributed by atoms with E-state index in [1.165, 1.54) is 34.0 Å². The van der Waals surface area contributed by atoms with Gasteiger partial charge >= 0.3 is 0 Å². The number of non-ortho nitro benzene ring substituents is 1. The normalized spacial score (nSPS) is 16.2.